The molecule has 1 heterocycles. The van der Waals surface area contributed by atoms with Crippen molar-refractivity contribution >= 4 is 17.3 Å². The first-order valence-electron chi connectivity index (χ1n) is 9.07. The zero-order valence-corrected chi connectivity index (χ0v) is 15.5. The number of carbonyl (C=O) groups excluding carboxylic acids is 1. The Morgan fingerprint density at radius 1 is 1.07 bits per heavy atom. The Labute approximate surface area is 162 Å². The Hall–Kier alpha value is -2.87. The molecular formula is C20H23F2N3O3. The molecule has 0 aliphatic carbocycles. The van der Waals surface area contributed by atoms with Gasteiger partial charge in [0, 0.05) is 26.2 Å². The number of halogens is 2. The lowest BCUT2D eigenvalue weighted by atomic mass is 10.2. The van der Waals surface area contributed by atoms with E-state index in [4.69, 9.17) is 0 Å². The smallest absolute Gasteiger partial charge is 0.387 e. The van der Waals surface area contributed by atoms with Crippen molar-refractivity contribution in [1.29, 1.82) is 0 Å². The molecule has 0 radical (unpaired) electrons. The van der Waals surface area contributed by atoms with Gasteiger partial charge in [0.25, 0.3) is 0 Å². The number of carbonyl (C=O) groups is 1. The molecule has 1 unspecified atom stereocenters. The minimum absolute atomic E-state index is 0.0672. The fourth-order valence-electron chi connectivity index (χ4n) is 3.25. The van der Waals surface area contributed by atoms with Gasteiger partial charge in [-0.05, 0) is 31.2 Å². The first-order valence-corrected chi connectivity index (χ1v) is 9.07. The molecule has 2 N–H and O–H groups in total. The summed E-state index contributed by atoms with van der Waals surface area (Å²) in [5.74, 6) is -0.124. The van der Waals surface area contributed by atoms with Crippen molar-refractivity contribution < 1.29 is 23.4 Å². The minimum atomic E-state index is -2.96. The van der Waals surface area contributed by atoms with Crippen molar-refractivity contribution in [2.24, 2.45) is 0 Å². The lowest BCUT2D eigenvalue weighted by Gasteiger charge is -2.38. The number of benzene rings is 2. The Balaban J connectivity index is 1.59. The van der Waals surface area contributed by atoms with Crippen molar-refractivity contribution in [3.8, 4) is 11.5 Å². The van der Waals surface area contributed by atoms with Gasteiger partial charge in [-0.25, -0.2) is 0 Å². The molecule has 1 aliphatic rings. The monoisotopic (exact) mass is 391 g/mol. The first-order chi connectivity index (χ1) is 13.5. The Morgan fingerprint density at radius 2 is 1.71 bits per heavy atom. The molecule has 2 aromatic carbocycles. The Morgan fingerprint density at radius 3 is 2.39 bits per heavy atom. The highest BCUT2D eigenvalue weighted by atomic mass is 19.3. The number of rotatable bonds is 6. The van der Waals surface area contributed by atoms with Crippen molar-refractivity contribution in [2.75, 3.05) is 36.4 Å². The number of phenolic OH excluding ortho intramolecular Hbond substituents is 1. The molecule has 0 saturated carbocycles. The Bertz CT molecular complexity index is 811. The molecule has 0 bridgehead atoms. The van der Waals surface area contributed by atoms with Crippen LogP contribution in [0.5, 0.6) is 11.5 Å². The quantitative estimate of drug-likeness (QED) is 0.792. The molecule has 2 aromatic rings. The van der Waals surface area contributed by atoms with E-state index >= 15 is 0 Å². The molecule has 8 heteroatoms. The number of piperazine rings is 1. The SMILES string of the molecule is CC(C(=O)Nc1ccccc1OC(F)F)N1CCN(c2ccccc2O)CC1. The summed E-state index contributed by atoms with van der Waals surface area (Å²) < 4.78 is 29.5. The summed E-state index contributed by atoms with van der Waals surface area (Å²) >= 11 is 0. The fraction of sp³-hybridized carbons (Fsp3) is 0.350. The normalized spacial score (nSPS) is 16.1. The molecule has 1 aliphatic heterocycles. The number of para-hydroxylation sites is 4. The number of aromatic hydroxyl groups is 1. The summed E-state index contributed by atoms with van der Waals surface area (Å²) in [5.41, 5.74) is 0.991. The molecule has 1 atom stereocenters. The van der Waals surface area contributed by atoms with Crippen LogP contribution in [-0.4, -0.2) is 54.7 Å². The largest absolute Gasteiger partial charge is 0.506 e. The summed E-state index contributed by atoms with van der Waals surface area (Å²) in [7, 11) is 0. The zero-order valence-electron chi connectivity index (χ0n) is 15.5. The van der Waals surface area contributed by atoms with Crippen LogP contribution < -0.4 is 15.0 Å². The number of anilines is 2. The third kappa shape index (κ3) is 4.69. The van der Waals surface area contributed by atoms with Crippen LogP contribution in [-0.2, 0) is 4.79 Å². The second-order valence-corrected chi connectivity index (χ2v) is 6.55. The van der Waals surface area contributed by atoms with Gasteiger partial charge in [-0.1, -0.05) is 24.3 Å². The Kier molecular flexibility index (Phi) is 6.30. The van der Waals surface area contributed by atoms with Crippen LogP contribution in [0.1, 0.15) is 6.92 Å². The van der Waals surface area contributed by atoms with Crippen LogP contribution in [0.25, 0.3) is 0 Å². The van der Waals surface area contributed by atoms with Gasteiger partial charge < -0.3 is 20.1 Å². The van der Waals surface area contributed by atoms with Gasteiger partial charge >= 0.3 is 6.61 Å². The van der Waals surface area contributed by atoms with E-state index in [2.05, 4.69) is 15.0 Å². The molecule has 150 valence electrons. The van der Waals surface area contributed by atoms with E-state index in [-0.39, 0.29) is 23.1 Å². The maximum atomic E-state index is 12.6. The standard InChI is InChI=1S/C20H23F2N3O3/c1-14(19(27)23-15-6-2-5-9-18(15)28-20(21)22)24-10-12-25(13-11-24)16-7-3-4-8-17(16)26/h2-9,14,20,26H,10-13H2,1H3,(H,23,27). The lowest BCUT2D eigenvalue weighted by Crippen LogP contribution is -2.52. The average Bonchev–Trinajstić information content (AvgIpc) is 2.69. The van der Waals surface area contributed by atoms with Crippen LogP contribution in [0.3, 0.4) is 0 Å². The van der Waals surface area contributed by atoms with Gasteiger partial charge in [-0.15, -0.1) is 0 Å². The molecule has 6 nitrogen and oxygen atoms in total. The predicted molar refractivity (Wildman–Crippen MR) is 103 cm³/mol. The van der Waals surface area contributed by atoms with Crippen LogP contribution in [0.4, 0.5) is 20.2 Å². The predicted octanol–water partition coefficient (Wildman–Crippen LogP) is 3.14. The first kappa shape index (κ1) is 19.9. The maximum Gasteiger partial charge on any atom is 0.387 e. The number of alkyl halides is 2. The number of hydrogen-bond donors (Lipinski definition) is 2. The van der Waals surface area contributed by atoms with E-state index < -0.39 is 12.7 Å². The zero-order chi connectivity index (χ0) is 20.1. The van der Waals surface area contributed by atoms with E-state index in [1.54, 1.807) is 31.2 Å². The van der Waals surface area contributed by atoms with Crippen LogP contribution >= 0.6 is 0 Å². The molecule has 1 saturated heterocycles. The van der Waals surface area contributed by atoms with E-state index in [1.165, 1.54) is 12.1 Å². The third-order valence-corrected chi connectivity index (χ3v) is 4.82. The number of hydrogen-bond acceptors (Lipinski definition) is 5. The van der Waals surface area contributed by atoms with Gasteiger partial charge in [-0.3, -0.25) is 9.69 Å². The highest BCUT2D eigenvalue weighted by Crippen LogP contribution is 2.28. The lowest BCUT2D eigenvalue weighted by molar-refractivity contribution is -0.121. The van der Waals surface area contributed by atoms with Gasteiger partial charge in [0.2, 0.25) is 5.91 Å². The number of amides is 1. The molecule has 1 fully saturated rings. The van der Waals surface area contributed by atoms with E-state index in [9.17, 15) is 18.7 Å². The highest BCUT2D eigenvalue weighted by Gasteiger charge is 2.27. The number of nitrogens with zero attached hydrogens (tertiary/aromatic N) is 2. The van der Waals surface area contributed by atoms with Crippen LogP contribution in [0.2, 0.25) is 0 Å². The molecule has 1 amide bonds. The maximum absolute atomic E-state index is 12.6. The minimum Gasteiger partial charge on any atom is -0.506 e. The van der Waals surface area contributed by atoms with Crippen molar-refractivity contribution in [3.63, 3.8) is 0 Å². The second-order valence-electron chi connectivity index (χ2n) is 6.55. The van der Waals surface area contributed by atoms with Crippen molar-refractivity contribution in [3.05, 3.63) is 48.5 Å². The van der Waals surface area contributed by atoms with Crippen LogP contribution in [0.15, 0.2) is 48.5 Å². The van der Waals surface area contributed by atoms with E-state index in [0.29, 0.717) is 26.2 Å². The average molecular weight is 391 g/mol. The van der Waals surface area contributed by atoms with Crippen LogP contribution in [0, 0.1) is 0 Å². The highest BCUT2D eigenvalue weighted by molar-refractivity contribution is 5.95. The van der Waals surface area contributed by atoms with E-state index in [0.717, 1.165) is 5.69 Å². The van der Waals surface area contributed by atoms with Gasteiger partial charge in [0.15, 0.2) is 0 Å². The molecule has 0 aromatic heterocycles. The number of ether oxygens (including phenoxy) is 1. The molecule has 28 heavy (non-hydrogen) atoms. The van der Waals surface area contributed by atoms with Gasteiger partial charge in [0.1, 0.15) is 11.5 Å². The summed E-state index contributed by atoms with van der Waals surface area (Å²) in [5, 5.41) is 12.7. The van der Waals surface area contributed by atoms with E-state index in [1.807, 2.05) is 17.0 Å². The second kappa shape index (κ2) is 8.88. The van der Waals surface area contributed by atoms with Crippen molar-refractivity contribution in [1.82, 2.24) is 4.90 Å². The summed E-state index contributed by atoms with van der Waals surface area (Å²) in [6.45, 7) is 1.43. The molecule has 3 rings (SSSR count). The summed E-state index contributed by atoms with van der Waals surface area (Å²) in [6, 6.07) is 12.8. The number of phenols is 1. The summed E-state index contributed by atoms with van der Waals surface area (Å²) in [4.78, 5) is 16.7. The van der Waals surface area contributed by atoms with Gasteiger partial charge in [-0.2, -0.15) is 8.78 Å². The molecule has 0 spiro atoms. The fourth-order valence-corrected chi connectivity index (χ4v) is 3.25. The topological polar surface area (TPSA) is 65.0 Å². The number of nitrogens with one attached hydrogen (secondary N) is 1. The van der Waals surface area contributed by atoms with Gasteiger partial charge in [0.05, 0.1) is 17.4 Å². The summed E-state index contributed by atoms with van der Waals surface area (Å²) in [6.07, 6.45) is 0. The molecular weight excluding hydrogens is 368 g/mol. The van der Waals surface area contributed by atoms with Crippen molar-refractivity contribution in [2.45, 2.75) is 19.6 Å². The third-order valence-electron chi connectivity index (χ3n) is 4.82.